The lowest BCUT2D eigenvalue weighted by molar-refractivity contribution is 0.341. The largest absolute Gasteiger partial charge is 0.492 e. The number of benzene rings is 1. The standard InChI is InChI=1S/C13H18ClNO3S/c1-2-18-13-6-5-10(14)8-12(13)15-11-4-3-7-19(16,17)9-11/h5-6,8,11,15H,2-4,7,9H2,1H3. The van der Waals surface area contributed by atoms with Gasteiger partial charge in [-0.2, -0.15) is 0 Å². The molecule has 1 aromatic rings. The molecule has 1 saturated heterocycles. The average molecular weight is 304 g/mol. The predicted octanol–water partition coefficient (Wildman–Crippen LogP) is 2.73. The van der Waals surface area contributed by atoms with Gasteiger partial charge in [0, 0.05) is 11.1 Å². The Morgan fingerprint density at radius 1 is 1.47 bits per heavy atom. The Kier molecular flexibility index (Phi) is 4.58. The van der Waals surface area contributed by atoms with Crippen molar-refractivity contribution in [1.82, 2.24) is 0 Å². The highest BCUT2D eigenvalue weighted by atomic mass is 35.5. The monoisotopic (exact) mass is 303 g/mol. The van der Waals surface area contributed by atoms with Crippen LogP contribution in [-0.4, -0.2) is 32.6 Å². The summed E-state index contributed by atoms with van der Waals surface area (Å²) in [5, 5.41) is 3.84. The molecule has 1 aliphatic heterocycles. The third-order valence-electron chi connectivity index (χ3n) is 3.06. The molecule has 6 heteroatoms. The van der Waals surface area contributed by atoms with Crippen molar-refractivity contribution in [2.75, 3.05) is 23.4 Å². The molecule has 0 spiro atoms. The summed E-state index contributed by atoms with van der Waals surface area (Å²) in [7, 11) is -2.92. The second-order valence-electron chi connectivity index (χ2n) is 4.67. The van der Waals surface area contributed by atoms with E-state index in [0.717, 1.165) is 12.1 Å². The summed E-state index contributed by atoms with van der Waals surface area (Å²) >= 11 is 5.98. The first-order valence-corrected chi connectivity index (χ1v) is 8.59. The summed E-state index contributed by atoms with van der Waals surface area (Å²) < 4.78 is 28.8. The Morgan fingerprint density at radius 3 is 2.95 bits per heavy atom. The van der Waals surface area contributed by atoms with Crippen LogP contribution in [0.4, 0.5) is 5.69 Å². The summed E-state index contributed by atoms with van der Waals surface area (Å²) in [6.45, 7) is 2.46. The van der Waals surface area contributed by atoms with Crippen LogP contribution >= 0.6 is 11.6 Å². The molecule has 0 saturated carbocycles. The van der Waals surface area contributed by atoms with Crippen LogP contribution in [0.1, 0.15) is 19.8 Å². The van der Waals surface area contributed by atoms with E-state index < -0.39 is 9.84 Å². The molecule has 0 radical (unpaired) electrons. The SMILES string of the molecule is CCOc1ccc(Cl)cc1NC1CCCS(=O)(=O)C1. The van der Waals surface area contributed by atoms with Gasteiger partial charge in [0.05, 0.1) is 23.8 Å². The molecule has 19 heavy (non-hydrogen) atoms. The molecule has 1 fully saturated rings. The number of nitrogens with one attached hydrogen (secondary N) is 1. The van der Waals surface area contributed by atoms with Gasteiger partial charge in [-0.3, -0.25) is 0 Å². The molecule has 0 aliphatic carbocycles. The molecule has 2 rings (SSSR count). The average Bonchev–Trinajstić information content (AvgIpc) is 2.31. The molecule has 4 nitrogen and oxygen atoms in total. The normalized spacial score (nSPS) is 21.9. The second kappa shape index (κ2) is 6.01. The number of hydrogen-bond acceptors (Lipinski definition) is 4. The van der Waals surface area contributed by atoms with E-state index in [1.165, 1.54) is 0 Å². The molecule has 1 aliphatic rings. The Bertz CT molecular complexity index is 545. The molecule has 1 N–H and O–H groups in total. The highest BCUT2D eigenvalue weighted by Gasteiger charge is 2.25. The maximum absolute atomic E-state index is 11.6. The first-order valence-electron chi connectivity index (χ1n) is 6.39. The van der Waals surface area contributed by atoms with Gasteiger partial charge in [-0.15, -0.1) is 0 Å². The van der Waals surface area contributed by atoms with Crippen molar-refractivity contribution < 1.29 is 13.2 Å². The second-order valence-corrected chi connectivity index (χ2v) is 7.34. The zero-order valence-corrected chi connectivity index (χ0v) is 12.4. The van der Waals surface area contributed by atoms with Crippen molar-refractivity contribution in [2.24, 2.45) is 0 Å². The first kappa shape index (κ1) is 14.5. The Hall–Kier alpha value is -0.940. The summed E-state index contributed by atoms with van der Waals surface area (Å²) in [6.07, 6.45) is 1.54. The Morgan fingerprint density at radius 2 is 2.26 bits per heavy atom. The zero-order valence-electron chi connectivity index (χ0n) is 10.9. The fourth-order valence-corrected chi connectivity index (χ4v) is 4.06. The molecule has 0 amide bonds. The number of halogens is 1. The molecule has 106 valence electrons. The molecule has 0 aromatic heterocycles. The summed E-state index contributed by atoms with van der Waals surface area (Å²) in [5.41, 5.74) is 0.761. The van der Waals surface area contributed by atoms with Crippen molar-refractivity contribution in [3.63, 3.8) is 0 Å². The molecule has 0 bridgehead atoms. The minimum atomic E-state index is -2.92. The van der Waals surface area contributed by atoms with Gasteiger partial charge in [0.15, 0.2) is 9.84 Å². The number of sulfone groups is 1. The van der Waals surface area contributed by atoms with E-state index in [4.69, 9.17) is 16.3 Å². The molecule has 1 heterocycles. The molecular formula is C13H18ClNO3S. The van der Waals surface area contributed by atoms with E-state index in [9.17, 15) is 8.42 Å². The predicted molar refractivity (Wildman–Crippen MR) is 77.9 cm³/mol. The van der Waals surface area contributed by atoms with Gasteiger partial charge >= 0.3 is 0 Å². The van der Waals surface area contributed by atoms with E-state index in [1.807, 2.05) is 6.92 Å². The smallest absolute Gasteiger partial charge is 0.152 e. The van der Waals surface area contributed by atoms with Crippen molar-refractivity contribution in [1.29, 1.82) is 0 Å². The summed E-state index contributed by atoms with van der Waals surface area (Å²) in [4.78, 5) is 0. The van der Waals surface area contributed by atoms with Crippen molar-refractivity contribution >= 4 is 27.1 Å². The van der Waals surface area contributed by atoms with Crippen LogP contribution in [0, 0.1) is 0 Å². The van der Waals surface area contributed by atoms with E-state index in [1.54, 1.807) is 18.2 Å². The van der Waals surface area contributed by atoms with Crippen LogP contribution in [0.2, 0.25) is 5.02 Å². The Labute approximate surface area is 119 Å². The number of hydrogen-bond donors (Lipinski definition) is 1. The number of rotatable bonds is 4. The lowest BCUT2D eigenvalue weighted by atomic mass is 10.1. The maximum Gasteiger partial charge on any atom is 0.152 e. The fourth-order valence-electron chi connectivity index (χ4n) is 2.25. The van der Waals surface area contributed by atoms with E-state index >= 15 is 0 Å². The van der Waals surface area contributed by atoms with Gasteiger partial charge in [-0.25, -0.2) is 8.42 Å². The van der Waals surface area contributed by atoms with E-state index in [-0.39, 0.29) is 11.8 Å². The van der Waals surface area contributed by atoms with Crippen LogP contribution in [-0.2, 0) is 9.84 Å². The van der Waals surface area contributed by atoms with Crippen LogP contribution in [0.15, 0.2) is 18.2 Å². The quantitative estimate of drug-likeness (QED) is 0.929. The molecule has 1 atom stereocenters. The molecule has 1 aromatic carbocycles. The first-order chi connectivity index (χ1) is 9.00. The van der Waals surface area contributed by atoms with Gasteiger partial charge in [0.25, 0.3) is 0 Å². The molecular weight excluding hydrogens is 286 g/mol. The summed E-state index contributed by atoms with van der Waals surface area (Å²) in [5.74, 6) is 1.17. The fraction of sp³-hybridized carbons (Fsp3) is 0.538. The van der Waals surface area contributed by atoms with Crippen molar-refractivity contribution in [3.8, 4) is 5.75 Å². The number of anilines is 1. The van der Waals surface area contributed by atoms with Crippen molar-refractivity contribution in [2.45, 2.75) is 25.8 Å². The molecule has 1 unspecified atom stereocenters. The topological polar surface area (TPSA) is 55.4 Å². The van der Waals surface area contributed by atoms with Gasteiger partial charge < -0.3 is 10.1 Å². The minimum Gasteiger partial charge on any atom is -0.492 e. The van der Waals surface area contributed by atoms with Gasteiger partial charge in [0.2, 0.25) is 0 Å². The van der Waals surface area contributed by atoms with Crippen LogP contribution in [0.3, 0.4) is 0 Å². The number of ether oxygens (including phenoxy) is 1. The van der Waals surface area contributed by atoms with Crippen LogP contribution in [0.5, 0.6) is 5.75 Å². The summed E-state index contributed by atoms with van der Waals surface area (Å²) in [6, 6.07) is 5.26. The zero-order chi connectivity index (χ0) is 13.9. The van der Waals surface area contributed by atoms with Crippen LogP contribution in [0.25, 0.3) is 0 Å². The highest BCUT2D eigenvalue weighted by molar-refractivity contribution is 7.91. The van der Waals surface area contributed by atoms with E-state index in [2.05, 4.69) is 5.32 Å². The third kappa shape index (κ3) is 4.01. The Balaban J connectivity index is 2.15. The lowest BCUT2D eigenvalue weighted by Crippen LogP contribution is -2.34. The highest BCUT2D eigenvalue weighted by Crippen LogP contribution is 2.30. The minimum absolute atomic E-state index is 0.0728. The van der Waals surface area contributed by atoms with Gasteiger partial charge in [-0.1, -0.05) is 11.6 Å². The van der Waals surface area contributed by atoms with Crippen LogP contribution < -0.4 is 10.1 Å². The van der Waals surface area contributed by atoms with Gasteiger partial charge in [0.1, 0.15) is 5.75 Å². The van der Waals surface area contributed by atoms with E-state index in [0.29, 0.717) is 29.6 Å². The van der Waals surface area contributed by atoms with Crippen molar-refractivity contribution in [3.05, 3.63) is 23.2 Å². The maximum atomic E-state index is 11.6. The third-order valence-corrected chi connectivity index (χ3v) is 5.12. The lowest BCUT2D eigenvalue weighted by Gasteiger charge is -2.25. The van der Waals surface area contributed by atoms with Gasteiger partial charge in [-0.05, 0) is 38.0 Å².